The van der Waals surface area contributed by atoms with Crippen molar-refractivity contribution in [2.24, 2.45) is 0 Å². The van der Waals surface area contributed by atoms with Gasteiger partial charge in [0, 0.05) is 18.5 Å². The average molecular weight is 388 g/mol. The van der Waals surface area contributed by atoms with Gasteiger partial charge in [-0.2, -0.15) is 0 Å². The molecule has 0 spiro atoms. The van der Waals surface area contributed by atoms with Crippen LogP contribution in [-0.2, 0) is 11.4 Å². The topological polar surface area (TPSA) is 55.3 Å². The number of thiazole rings is 1. The zero-order chi connectivity index (χ0) is 18.7. The molecular formula is C19H18ClN3O2S. The van der Waals surface area contributed by atoms with Crippen molar-refractivity contribution >= 4 is 39.7 Å². The average Bonchev–Trinajstić information content (AvgIpc) is 3.06. The van der Waals surface area contributed by atoms with Crippen LogP contribution in [0.2, 0.25) is 5.15 Å². The van der Waals surface area contributed by atoms with Crippen LogP contribution in [0.5, 0.6) is 5.75 Å². The fourth-order valence-electron chi connectivity index (χ4n) is 2.48. The van der Waals surface area contributed by atoms with Gasteiger partial charge in [-0.3, -0.25) is 9.69 Å². The molecule has 0 radical (unpaired) electrons. The maximum absolute atomic E-state index is 12.3. The molecule has 5 nitrogen and oxygen atoms in total. The van der Waals surface area contributed by atoms with E-state index in [1.54, 1.807) is 23.2 Å². The van der Waals surface area contributed by atoms with Crippen molar-refractivity contribution in [1.29, 1.82) is 0 Å². The Morgan fingerprint density at radius 3 is 2.81 bits per heavy atom. The van der Waals surface area contributed by atoms with Gasteiger partial charge < -0.3 is 4.74 Å². The van der Waals surface area contributed by atoms with Crippen molar-refractivity contribution in [3.05, 3.63) is 63.9 Å². The largest absolute Gasteiger partial charge is 0.484 e. The van der Waals surface area contributed by atoms with Gasteiger partial charge in [0.1, 0.15) is 6.61 Å². The molecule has 3 rings (SSSR count). The second kappa shape index (κ2) is 7.85. The number of hydrogen-bond acceptors (Lipinski definition) is 5. The number of pyridine rings is 1. The molecule has 0 aliphatic carbocycles. The Balaban J connectivity index is 1.83. The smallest absolute Gasteiger partial charge is 0.230 e. The maximum Gasteiger partial charge on any atom is 0.230 e. The fraction of sp³-hybridized carbons (Fsp3) is 0.211. The van der Waals surface area contributed by atoms with Crippen molar-refractivity contribution < 1.29 is 9.53 Å². The van der Waals surface area contributed by atoms with E-state index >= 15 is 0 Å². The van der Waals surface area contributed by atoms with Crippen LogP contribution in [-0.4, -0.2) is 15.9 Å². The molecule has 2 heterocycles. The molecule has 1 amide bonds. The third kappa shape index (κ3) is 3.86. The van der Waals surface area contributed by atoms with Gasteiger partial charge in [-0.15, -0.1) is 11.3 Å². The number of aryl methyl sites for hydroxylation is 1. The molecule has 0 N–H and O–H groups in total. The molecule has 0 atom stereocenters. The van der Waals surface area contributed by atoms with Crippen molar-refractivity contribution in [1.82, 2.24) is 9.97 Å². The number of carbonyl (C=O) groups excluding carboxylic acids is 1. The van der Waals surface area contributed by atoms with E-state index in [2.05, 4.69) is 9.97 Å². The fourth-order valence-corrected chi connectivity index (χ4v) is 3.52. The summed E-state index contributed by atoms with van der Waals surface area (Å²) in [6.45, 7) is 5.81. The molecule has 1 aromatic carbocycles. The molecule has 0 saturated heterocycles. The minimum atomic E-state index is -0.0872. The van der Waals surface area contributed by atoms with E-state index < -0.39 is 0 Å². The first-order valence-corrected chi connectivity index (χ1v) is 9.27. The molecule has 0 aliphatic heterocycles. The number of aromatic nitrogens is 2. The van der Waals surface area contributed by atoms with Crippen LogP contribution in [0, 0.1) is 13.8 Å². The lowest BCUT2D eigenvalue weighted by Crippen LogP contribution is -2.23. The van der Waals surface area contributed by atoms with Crippen molar-refractivity contribution in [2.75, 3.05) is 4.90 Å². The highest BCUT2D eigenvalue weighted by molar-refractivity contribution is 7.14. The van der Waals surface area contributed by atoms with Crippen LogP contribution in [0.25, 0.3) is 0 Å². The summed E-state index contributed by atoms with van der Waals surface area (Å²) in [4.78, 5) is 22.4. The molecule has 0 unspecified atom stereocenters. The zero-order valence-electron chi connectivity index (χ0n) is 14.7. The van der Waals surface area contributed by atoms with Gasteiger partial charge in [0.2, 0.25) is 5.91 Å². The lowest BCUT2D eigenvalue weighted by Gasteiger charge is -2.21. The van der Waals surface area contributed by atoms with Gasteiger partial charge in [-0.1, -0.05) is 23.7 Å². The van der Waals surface area contributed by atoms with Crippen LogP contribution >= 0.6 is 22.9 Å². The van der Waals surface area contributed by atoms with Crippen LogP contribution in [0.4, 0.5) is 10.8 Å². The van der Waals surface area contributed by atoms with Gasteiger partial charge >= 0.3 is 0 Å². The van der Waals surface area contributed by atoms with Crippen LogP contribution in [0.15, 0.2) is 41.9 Å². The van der Waals surface area contributed by atoms with Gasteiger partial charge in [0.05, 0.1) is 11.4 Å². The third-order valence-electron chi connectivity index (χ3n) is 3.96. The first kappa shape index (κ1) is 18.4. The number of ether oxygens (including phenoxy) is 1. The van der Waals surface area contributed by atoms with Crippen LogP contribution in [0.1, 0.15) is 23.7 Å². The predicted molar refractivity (Wildman–Crippen MR) is 104 cm³/mol. The van der Waals surface area contributed by atoms with E-state index in [4.69, 9.17) is 16.3 Å². The quantitative estimate of drug-likeness (QED) is 0.573. The Bertz CT molecular complexity index is 942. The number of rotatable bonds is 5. The molecule has 3 aromatic rings. The lowest BCUT2D eigenvalue weighted by atomic mass is 10.1. The Morgan fingerprint density at radius 1 is 1.27 bits per heavy atom. The molecule has 0 saturated carbocycles. The summed E-state index contributed by atoms with van der Waals surface area (Å²) in [6.07, 6.45) is 1.60. The van der Waals surface area contributed by atoms with Gasteiger partial charge in [-0.25, -0.2) is 9.97 Å². The first-order chi connectivity index (χ1) is 12.5. The Morgan fingerprint density at radius 2 is 2.08 bits per heavy atom. The molecule has 0 fully saturated rings. The van der Waals surface area contributed by atoms with Crippen LogP contribution < -0.4 is 9.64 Å². The second-order valence-electron chi connectivity index (χ2n) is 5.78. The molecule has 26 heavy (non-hydrogen) atoms. The number of anilines is 2. The molecule has 134 valence electrons. The number of hydrogen-bond donors (Lipinski definition) is 0. The predicted octanol–water partition coefficient (Wildman–Crippen LogP) is 5.07. The van der Waals surface area contributed by atoms with Crippen molar-refractivity contribution in [3.8, 4) is 5.75 Å². The van der Waals surface area contributed by atoms with Crippen molar-refractivity contribution in [3.63, 3.8) is 0 Å². The summed E-state index contributed by atoms with van der Waals surface area (Å²) in [7, 11) is 0. The van der Waals surface area contributed by atoms with E-state index in [1.165, 1.54) is 18.3 Å². The summed E-state index contributed by atoms with van der Waals surface area (Å²) < 4.78 is 5.67. The number of halogens is 1. The normalized spacial score (nSPS) is 10.6. The third-order valence-corrected chi connectivity index (χ3v) is 5.12. The molecule has 0 bridgehead atoms. The Hall–Kier alpha value is -2.44. The highest BCUT2D eigenvalue weighted by Gasteiger charge is 2.20. The second-order valence-corrected chi connectivity index (χ2v) is 6.97. The zero-order valence-corrected chi connectivity index (χ0v) is 16.3. The van der Waals surface area contributed by atoms with Crippen molar-refractivity contribution in [2.45, 2.75) is 27.4 Å². The number of carbonyl (C=O) groups is 1. The standard InChI is InChI=1S/C19H18ClN3O2S/c1-12-6-4-7-16(13(12)2)23(14(3)24)19-22-15(11-26-19)10-25-17-8-5-9-21-18(17)20/h4-9,11H,10H2,1-3H3. The highest BCUT2D eigenvalue weighted by atomic mass is 35.5. The van der Waals surface area contributed by atoms with E-state index in [-0.39, 0.29) is 12.5 Å². The van der Waals surface area contributed by atoms with Gasteiger partial charge in [0.15, 0.2) is 16.0 Å². The molecule has 7 heteroatoms. The number of amides is 1. The van der Waals surface area contributed by atoms with E-state index in [0.29, 0.717) is 16.0 Å². The Labute approximate surface area is 161 Å². The maximum atomic E-state index is 12.3. The van der Waals surface area contributed by atoms with E-state index in [9.17, 15) is 4.79 Å². The highest BCUT2D eigenvalue weighted by Crippen LogP contribution is 2.32. The summed E-state index contributed by atoms with van der Waals surface area (Å²) in [5.74, 6) is 0.414. The Kier molecular flexibility index (Phi) is 5.54. The number of benzene rings is 1. The molecule has 0 aliphatic rings. The molecule has 2 aromatic heterocycles. The van der Waals surface area contributed by atoms with E-state index in [1.807, 2.05) is 37.4 Å². The summed E-state index contributed by atoms with van der Waals surface area (Å²) in [6, 6.07) is 9.40. The monoisotopic (exact) mass is 387 g/mol. The van der Waals surface area contributed by atoms with Gasteiger partial charge in [0.25, 0.3) is 0 Å². The molecular weight excluding hydrogens is 370 g/mol. The first-order valence-electron chi connectivity index (χ1n) is 8.02. The lowest BCUT2D eigenvalue weighted by molar-refractivity contribution is -0.115. The SMILES string of the molecule is CC(=O)N(c1nc(COc2cccnc2Cl)cs1)c1cccc(C)c1C. The minimum Gasteiger partial charge on any atom is -0.484 e. The minimum absolute atomic E-state index is 0.0872. The number of nitrogens with zero attached hydrogens (tertiary/aromatic N) is 3. The van der Waals surface area contributed by atoms with Gasteiger partial charge in [-0.05, 0) is 43.2 Å². The van der Waals surface area contributed by atoms with Crippen LogP contribution in [0.3, 0.4) is 0 Å². The summed E-state index contributed by atoms with van der Waals surface area (Å²) in [5.41, 5.74) is 3.74. The summed E-state index contributed by atoms with van der Waals surface area (Å²) in [5, 5.41) is 2.80. The van der Waals surface area contributed by atoms with E-state index in [0.717, 1.165) is 22.5 Å². The summed E-state index contributed by atoms with van der Waals surface area (Å²) >= 11 is 7.39.